The number of hydrogen-bond acceptors (Lipinski definition) is 2. The lowest BCUT2D eigenvalue weighted by Crippen LogP contribution is -2.39. The number of aryl methyl sites for hydroxylation is 2. The first kappa shape index (κ1) is 18.5. The van der Waals surface area contributed by atoms with Crippen LogP contribution in [0.5, 0.6) is 0 Å². The quantitative estimate of drug-likeness (QED) is 0.664. The van der Waals surface area contributed by atoms with E-state index in [4.69, 9.17) is 0 Å². The second-order valence-corrected chi connectivity index (χ2v) is 7.79. The molecular weight excluding hydrogens is 346 g/mol. The van der Waals surface area contributed by atoms with E-state index in [9.17, 15) is 4.79 Å². The number of nitrogens with zero attached hydrogens (tertiary/aromatic N) is 3. The number of benzene rings is 2. The van der Waals surface area contributed by atoms with Crippen LogP contribution in [-0.4, -0.2) is 33.7 Å². The molecular formula is C24H27N3O. The zero-order valence-electron chi connectivity index (χ0n) is 16.6. The van der Waals surface area contributed by atoms with Gasteiger partial charge in [0.05, 0.1) is 5.69 Å². The van der Waals surface area contributed by atoms with Crippen LogP contribution in [0.3, 0.4) is 0 Å². The third-order valence-corrected chi connectivity index (χ3v) is 5.68. The maximum absolute atomic E-state index is 12.9. The molecule has 0 N–H and O–H groups in total. The molecule has 1 aliphatic rings. The fourth-order valence-corrected chi connectivity index (χ4v) is 4.04. The van der Waals surface area contributed by atoms with E-state index in [1.165, 1.54) is 11.3 Å². The predicted octanol–water partition coefficient (Wildman–Crippen LogP) is 4.72. The number of carbonyl (C=O) groups excluding carboxylic acids is 1. The van der Waals surface area contributed by atoms with Gasteiger partial charge in [-0.1, -0.05) is 42.5 Å². The summed E-state index contributed by atoms with van der Waals surface area (Å²) < 4.78 is 2.11. The van der Waals surface area contributed by atoms with Crippen LogP contribution in [0.25, 0.3) is 11.1 Å². The Labute approximate surface area is 166 Å². The minimum Gasteiger partial charge on any atom is -0.339 e. The third kappa shape index (κ3) is 4.01. The molecule has 0 bridgehead atoms. The van der Waals surface area contributed by atoms with Gasteiger partial charge in [-0.3, -0.25) is 9.48 Å². The van der Waals surface area contributed by atoms with Crippen molar-refractivity contribution in [1.82, 2.24) is 14.7 Å². The second-order valence-electron chi connectivity index (χ2n) is 7.79. The highest BCUT2D eigenvalue weighted by molar-refractivity contribution is 5.94. The fourth-order valence-electron chi connectivity index (χ4n) is 4.04. The molecule has 0 aliphatic carbocycles. The van der Waals surface area contributed by atoms with Gasteiger partial charge in [-0.2, -0.15) is 5.10 Å². The van der Waals surface area contributed by atoms with Crippen molar-refractivity contribution in [3.63, 3.8) is 0 Å². The normalized spacial score (nSPS) is 15.0. The summed E-state index contributed by atoms with van der Waals surface area (Å²) in [6.45, 7) is 6.74. The first-order valence-electron chi connectivity index (χ1n) is 10.1. The Morgan fingerprint density at radius 3 is 2.21 bits per heavy atom. The highest BCUT2D eigenvalue weighted by Crippen LogP contribution is 2.23. The van der Waals surface area contributed by atoms with Gasteiger partial charge < -0.3 is 4.90 Å². The van der Waals surface area contributed by atoms with E-state index >= 15 is 0 Å². The Bertz CT molecular complexity index is 936. The molecule has 2 heterocycles. The van der Waals surface area contributed by atoms with Gasteiger partial charge in [-0.05, 0) is 61.9 Å². The van der Waals surface area contributed by atoms with E-state index in [-0.39, 0.29) is 5.91 Å². The third-order valence-electron chi connectivity index (χ3n) is 5.68. The Morgan fingerprint density at radius 1 is 0.964 bits per heavy atom. The molecule has 0 spiro atoms. The van der Waals surface area contributed by atoms with E-state index in [0.717, 1.165) is 49.3 Å². The van der Waals surface area contributed by atoms with Gasteiger partial charge in [0.2, 0.25) is 0 Å². The predicted molar refractivity (Wildman–Crippen MR) is 112 cm³/mol. The minimum absolute atomic E-state index is 0.143. The molecule has 144 valence electrons. The number of amides is 1. The molecule has 1 aromatic heterocycles. The number of piperidine rings is 1. The molecule has 4 heteroatoms. The van der Waals surface area contributed by atoms with Crippen LogP contribution in [0.2, 0.25) is 0 Å². The van der Waals surface area contributed by atoms with Crippen LogP contribution in [0.1, 0.15) is 34.6 Å². The highest BCUT2D eigenvalue weighted by Gasteiger charge is 2.24. The average Bonchev–Trinajstić information content (AvgIpc) is 3.05. The van der Waals surface area contributed by atoms with Gasteiger partial charge in [0.15, 0.2) is 0 Å². The fraction of sp³-hybridized carbons (Fsp3) is 0.333. The summed E-state index contributed by atoms with van der Waals surface area (Å²) in [6.07, 6.45) is 2.07. The lowest BCUT2D eigenvalue weighted by atomic mass is 9.96. The van der Waals surface area contributed by atoms with Crippen molar-refractivity contribution < 1.29 is 4.79 Å². The summed E-state index contributed by atoms with van der Waals surface area (Å²) in [5.74, 6) is 0.728. The largest absolute Gasteiger partial charge is 0.339 e. The Hall–Kier alpha value is -2.88. The second kappa shape index (κ2) is 8.01. The standard InChI is InChI=1S/C24H27N3O/c1-18-16-19(2)27(25-18)17-20-12-14-26(15-13-20)24(28)23-10-8-22(9-11-23)21-6-4-3-5-7-21/h3-11,16,20H,12-15,17H2,1-2H3. The number of aromatic nitrogens is 2. The number of carbonyl (C=O) groups is 1. The van der Waals surface area contributed by atoms with Crippen LogP contribution >= 0.6 is 0 Å². The van der Waals surface area contributed by atoms with Crippen LogP contribution in [0.15, 0.2) is 60.7 Å². The smallest absolute Gasteiger partial charge is 0.253 e. The van der Waals surface area contributed by atoms with Crippen molar-refractivity contribution in [1.29, 1.82) is 0 Å². The SMILES string of the molecule is Cc1cc(C)n(CC2CCN(C(=O)c3ccc(-c4ccccc4)cc3)CC2)n1. The van der Waals surface area contributed by atoms with Gasteiger partial charge in [0.1, 0.15) is 0 Å². The Kier molecular flexibility index (Phi) is 5.29. The van der Waals surface area contributed by atoms with E-state index < -0.39 is 0 Å². The monoisotopic (exact) mass is 373 g/mol. The highest BCUT2D eigenvalue weighted by atomic mass is 16.2. The maximum Gasteiger partial charge on any atom is 0.253 e. The Balaban J connectivity index is 1.35. The van der Waals surface area contributed by atoms with Crippen molar-refractivity contribution >= 4 is 5.91 Å². The number of rotatable bonds is 4. The summed E-state index contributed by atoms with van der Waals surface area (Å²) >= 11 is 0. The van der Waals surface area contributed by atoms with Crippen molar-refractivity contribution in [2.45, 2.75) is 33.2 Å². The summed E-state index contributed by atoms with van der Waals surface area (Å²) in [6, 6.07) is 20.4. The zero-order valence-corrected chi connectivity index (χ0v) is 16.6. The molecule has 3 aromatic rings. The molecule has 2 aromatic carbocycles. The summed E-state index contributed by atoms with van der Waals surface area (Å²) in [7, 11) is 0. The van der Waals surface area contributed by atoms with Gasteiger partial charge in [0.25, 0.3) is 5.91 Å². The van der Waals surface area contributed by atoms with Crippen molar-refractivity contribution in [2.75, 3.05) is 13.1 Å². The molecule has 1 amide bonds. The van der Waals surface area contributed by atoms with Gasteiger partial charge >= 0.3 is 0 Å². The maximum atomic E-state index is 12.9. The van der Waals surface area contributed by atoms with E-state index in [2.05, 4.69) is 34.9 Å². The van der Waals surface area contributed by atoms with Crippen LogP contribution in [0.4, 0.5) is 0 Å². The van der Waals surface area contributed by atoms with Crippen molar-refractivity contribution in [2.24, 2.45) is 5.92 Å². The van der Waals surface area contributed by atoms with Crippen LogP contribution in [-0.2, 0) is 6.54 Å². The van der Waals surface area contributed by atoms with Gasteiger partial charge in [-0.15, -0.1) is 0 Å². The van der Waals surface area contributed by atoms with E-state index in [0.29, 0.717) is 5.92 Å². The summed E-state index contributed by atoms with van der Waals surface area (Å²) in [4.78, 5) is 14.9. The molecule has 1 aliphatic heterocycles. The number of hydrogen-bond donors (Lipinski definition) is 0. The molecule has 4 rings (SSSR count). The molecule has 0 radical (unpaired) electrons. The minimum atomic E-state index is 0.143. The molecule has 0 saturated carbocycles. The first-order valence-corrected chi connectivity index (χ1v) is 10.1. The van der Waals surface area contributed by atoms with E-state index in [1.807, 2.05) is 54.3 Å². The number of likely N-dealkylation sites (tertiary alicyclic amines) is 1. The lowest BCUT2D eigenvalue weighted by molar-refractivity contribution is 0.0681. The zero-order chi connectivity index (χ0) is 19.5. The average molecular weight is 374 g/mol. The van der Waals surface area contributed by atoms with Gasteiger partial charge in [0, 0.05) is 30.9 Å². The van der Waals surface area contributed by atoms with Crippen LogP contribution in [0, 0.1) is 19.8 Å². The van der Waals surface area contributed by atoms with Crippen molar-refractivity contribution in [3.05, 3.63) is 77.6 Å². The van der Waals surface area contributed by atoms with E-state index in [1.54, 1.807) is 0 Å². The molecule has 28 heavy (non-hydrogen) atoms. The summed E-state index contributed by atoms with van der Waals surface area (Å²) in [5.41, 5.74) is 5.38. The summed E-state index contributed by atoms with van der Waals surface area (Å²) in [5, 5.41) is 4.58. The molecule has 0 atom stereocenters. The molecule has 1 saturated heterocycles. The Morgan fingerprint density at radius 2 is 1.61 bits per heavy atom. The molecule has 1 fully saturated rings. The van der Waals surface area contributed by atoms with Crippen molar-refractivity contribution in [3.8, 4) is 11.1 Å². The topological polar surface area (TPSA) is 38.1 Å². The van der Waals surface area contributed by atoms with Crippen LogP contribution < -0.4 is 0 Å². The molecule has 0 unspecified atom stereocenters. The lowest BCUT2D eigenvalue weighted by Gasteiger charge is -2.32. The van der Waals surface area contributed by atoms with Gasteiger partial charge in [-0.25, -0.2) is 0 Å². The first-order chi connectivity index (χ1) is 13.6. The molecule has 4 nitrogen and oxygen atoms in total.